The minimum absolute atomic E-state index is 0.0599. The summed E-state index contributed by atoms with van der Waals surface area (Å²) in [5.41, 5.74) is 7.25. The first-order chi connectivity index (χ1) is 13.4. The molecule has 1 heterocycles. The number of nitrogens with one attached hydrogen (secondary N) is 3. The predicted molar refractivity (Wildman–Crippen MR) is 110 cm³/mol. The summed E-state index contributed by atoms with van der Waals surface area (Å²) in [4.78, 5) is 27.5. The smallest absolute Gasteiger partial charge is 0.239 e. The molecular formula is C20H29N5O3. The van der Waals surface area contributed by atoms with Crippen LogP contribution < -0.4 is 26.4 Å². The number of nitrogens with two attached hydrogens (primary N) is 1. The highest BCUT2D eigenvalue weighted by Gasteiger charge is 2.10. The number of hydrogen-bond donors (Lipinski definition) is 4. The van der Waals surface area contributed by atoms with E-state index in [4.69, 9.17) is 10.5 Å². The summed E-state index contributed by atoms with van der Waals surface area (Å²) in [5.74, 6) is 0.209. The van der Waals surface area contributed by atoms with Crippen molar-refractivity contribution in [1.29, 1.82) is 0 Å². The topological polar surface area (TPSA) is 118 Å². The highest BCUT2D eigenvalue weighted by molar-refractivity contribution is 5.92. The molecule has 2 rings (SSSR count). The highest BCUT2D eigenvalue weighted by Crippen LogP contribution is 2.28. The third-order valence-corrected chi connectivity index (χ3v) is 4.29. The maximum Gasteiger partial charge on any atom is 0.239 e. The number of anilines is 1. The fourth-order valence-electron chi connectivity index (χ4n) is 2.76. The molecule has 0 aliphatic rings. The zero-order chi connectivity index (χ0) is 20.5. The maximum absolute atomic E-state index is 11.7. The molecule has 8 heteroatoms. The minimum atomic E-state index is -0.623. The van der Waals surface area contributed by atoms with Gasteiger partial charge in [-0.25, -0.2) is 0 Å². The lowest BCUT2D eigenvalue weighted by Crippen LogP contribution is -2.43. The monoisotopic (exact) mass is 387 g/mol. The SMILES string of the molecule is COc1cc(NC(C)CCCNC(=O)CNC(=O)[C@H](C)N)c2ncccc2c1. The van der Waals surface area contributed by atoms with Gasteiger partial charge < -0.3 is 26.4 Å². The quantitative estimate of drug-likeness (QED) is 0.458. The number of hydrogen-bond acceptors (Lipinski definition) is 6. The van der Waals surface area contributed by atoms with Gasteiger partial charge in [-0.05, 0) is 38.8 Å². The van der Waals surface area contributed by atoms with E-state index in [2.05, 4.69) is 27.9 Å². The van der Waals surface area contributed by atoms with Gasteiger partial charge in [0.05, 0.1) is 30.9 Å². The van der Waals surface area contributed by atoms with Gasteiger partial charge in [0.25, 0.3) is 0 Å². The van der Waals surface area contributed by atoms with Gasteiger partial charge in [-0.15, -0.1) is 0 Å². The second kappa shape index (κ2) is 10.5. The zero-order valence-corrected chi connectivity index (χ0v) is 16.6. The summed E-state index contributed by atoms with van der Waals surface area (Å²) in [6, 6.07) is 7.36. The number of ether oxygens (including phenoxy) is 1. The summed E-state index contributed by atoms with van der Waals surface area (Å²) >= 11 is 0. The molecule has 2 atom stereocenters. The normalized spacial score (nSPS) is 12.9. The van der Waals surface area contributed by atoms with Gasteiger partial charge in [0, 0.05) is 30.2 Å². The minimum Gasteiger partial charge on any atom is -0.497 e. The molecule has 8 nitrogen and oxygen atoms in total. The number of benzene rings is 1. The summed E-state index contributed by atoms with van der Waals surface area (Å²) in [7, 11) is 1.64. The van der Waals surface area contributed by atoms with Gasteiger partial charge in [0.1, 0.15) is 5.75 Å². The second-order valence-corrected chi connectivity index (χ2v) is 6.79. The van der Waals surface area contributed by atoms with E-state index in [0.29, 0.717) is 6.54 Å². The maximum atomic E-state index is 11.7. The average molecular weight is 387 g/mol. The number of aromatic nitrogens is 1. The number of fused-ring (bicyclic) bond motifs is 1. The van der Waals surface area contributed by atoms with E-state index < -0.39 is 6.04 Å². The van der Waals surface area contributed by atoms with Crippen LogP contribution in [0.15, 0.2) is 30.5 Å². The first-order valence-corrected chi connectivity index (χ1v) is 9.40. The second-order valence-electron chi connectivity index (χ2n) is 6.79. The molecule has 0 aliphatic heterocycles. The van der Waals surface area contributed by atoms with Crippen LogP contribution in [0.1, 0.15) is 26.7 Å². The van der Waals surface area contributed by atoms with Gasteiger partial charge in [0.2, 0.25) is 11.8 Å². The molecule has 2 aromatic rings. The Morgan fingerprint density at radius 1 is 1.25 bits per heavy atom. The zero-order valence-electron chi connectivity index (χ0n) is 16.6. The van der Waals surface area contributed by atoms with E-state index in [1.807, 2.05) is 24.3 Å². The largest absolute Gasteiger partial charge is 0.497 e. The Morgan fingerprint density at radius 3 is 2.75 bits per heavy atom. The van der Waals surface area contributed by atoms with Gasteiger partial charge in [0.15, 0.2) is 0 Å². The van der Waals surface area contributed by atoms with Crippen molar-refractivity contribution in [3.8, 4) is 5.75 Å². The average Bonchev–Trinajstić information content (AvgIpc) is 2.69. The van der Waals surface area contributed by atoms with Crippen molar-refractivity contribution in [1.82, 2.24) is 15.6 Å². The van der Waals surface area contributed by atoms with Gasteiger partial charge in [-0.3, -0.25) is 14.6 Å². The van der Waals surface area contributed by atoms with Crippen LogP contribution in [0.3, 0.4) is 0 Å². The molecule has 5 N–H and O–H groups in total. The number of carbonyl (C=O) groups is 2. The molecule has 0 spiro atoms. The van der Waals surface area contributed by atoms with Crippen LogP contribution in [0.5, 0.6) is 5.75 Å². The molecule has 1 aromatic carbocycles. The Morgan fingerprint density at radius 2 is 2.04 bits per heavy atom. The lowest BCUT2D eigenvalue weighted by Gasteiger charge is -2.17. The number of carbonyl (C=O) groups excluding carboxylic acids is 2. The first-order valence-electron chi connectivity index (χ1n) is 9.40. The van der Waals surface area contributed by atoms with Crippen molar-refractivity contribution in [2.75, 3.05) is 25.5 Å². The molecular weight excluding hydrogens is 358 g/mol. The van der Waals surface area contributed by atoms with Crippen LogP contribution in [0.25, 0.3) is 10.9 Å². The summed E-state index contributed by atoms with van der Waals surface area (Å²) in [5, 5.41) is 9.76. The third kappa shape index (κ3) is 6.38. The van der Waals surface area contributed by atoms with Crippen molar-refractivity contribution >= 4 is 28.4 Å². The van der Waals surface area contributed by atoms with Crippen LogP contribution in [-0.4, -0.2) is 49.1 Å². The van der Waals surface area contributed by atoms with Crippen molar-refractivity contribution in [2.45, 2.75) is 38.8 Å². The standard InChI is InChI=1S/C20H29N5O3/c1-13(6-4-8-22-18(26)12-24-20(27)14(2)21)25-17-11-16(28-3)10-15-7-5-9-23-19(15)17/h5,7,9-11,13-14,25H,4,6,8,12,21H2,1-3H3,(H,22,26)(H,24,27)/t13?,14-/m0/s1. The number of pyridine rings is 1. The molecule has 0 saturated heterocycles. The lowest BCUT2D eigenvalue weighted by molar-refractivity contribution is -0.126. The number of nitrogens with zero attached hydrogens (tertiary/aromatic N) is 1. The van der Waals surface area contributed by atoms with Gasteiger partial charge in [-0.2, -0.15) is 0 Å². The Labute approximate surface area is 165 Å². The first kappa shape index (κ1) is 21.4. The van der Waals surface area contributed by atoms with Crippen LogP contribution >= 0.6 is 0 Å². The molecule has 28 heavy (non-hydrogen) atoms. The van der Waals surface area contributed by atoms with E-state index in [0.717, 1.165) is 35.2 Å². The fraction of sp³-hybridized carbons (Fsp3) is 0.450. The van der Waals surface area contributed by atoms with Crippen LogP contribution in [0.2, 0.25) is 0 Å². The Bertz CT molecular complexity index is 810. The molecule has 0 saturated carbocycles. The molecule has 1 aromatic heterocycles. The summed E-state index contributed by atoms with van der Waals surface area (Å²) in [6.07, 6.45) is 3.43. The van der Waals surface area contributed by atoms with Crippen LogP contribution in [0.4, 0.5) is 5.69 Å². The van der Waals surface area contributed by atoms with Gasteiger partial charge >= 0.3 is 0 Å². The molecule has 2 amide bonds. The lowest BCUT2D eigenvalue weighted by atomic mass is 10.1. The van der Waals surface area contributed by atoms with Crippen LogP contribution in [0, 0.1) is 0 Å². The molecule has 0 bridgehead atoms. The Kier molecular flexibility index (Phi) is 8.01. The number of methoxy groups -OCH3 is 1. The van der Waals surface area contributed by atoms with E-state index >= 15 is 0 Å². The van der Waals surface area contributed by atoms with Crippen molar-refractivity contribution in [2.24, 2.45) is 5.73 Å². The summed E-state index contributed by atoms with van der Waals surface area (Å²) in [6.45, 7) is 4.13. The van der Waals surface area contributed by atoms with Crippen molar-refractivity contribution in [3.63, 3.8) is 0 Å². The molecule has 152 valence electrons. The van der Waals surface area contributed by atoms with E-state index in [1.54, 1.807) is 20.2 Å². The molecule has 1 unspecified atom stereocenters. The Balaban J connectivity index is 1.79. The fourth-order valence-corrected chi connectivity index (χ4v) is 2.76. The molecule has 0 aliphatic carbocycles. The molecule has 0 radical (unpaired) electrons. The van der Waals surface area contributed by atoms with Crippen molar-refractivity contribution < 1.29 is 14.3 Å². The Hall–Kier alpha value is -2.87. The van der Waals surface area contributed by atoms with Gasteiger partial charge in [-0.1, -0.05) is 6.07 Å². The van der Waals surface area contributed by atoms with Crippen LogP contribution in [-0.2, 0) is 9.59 Å². The third-order valence-electron chi connectivity index (χ3n) is 4.29. The predicted octanol–water partition coefficient (Wildman–Crippen LogP) is 1.40. The van der Waals surface area contributed by atoms with E-state index in [9.17, 15) is 9.59 Å². The van der Waals surface area contributed by atoms with Crippen molar-refractivity contribution in [3.05, 3.63) is 30.5 Å². The molecule has 0 fully saturated rings. The summed E-state index contributed by atoms with van der Waals surface area (Å²) < 4.78 is 5.37. The number of amides is 2. The highest BCUT2D eigenvalue weighted by atomic mass is 16.5. The van der Waals surface area contributed by atoms with E-state index in [1.165, 1.54) is 0 Å². The number of rotatable bonds is 10. The van der Waals surface area contributed by atoms with E-state index in [-0.39, 0.29) is 24.4 Å².